The molecule has 0 spiro atoms. The second-order valence-corrected chi connectivity index (χ2v) is 9.14. The first kappa shape index (κ1) is 18.9. The molecule has 1 aromatic heterocycles. The summed E-state index contributed by atoms with van der Waals surface area (Å²) in [5, 5.41) is 13.5. The third-order valence-corrected chi connectivity index (χ3v) is 6.66. The zero-order valence-electron chi connectivity index (χ0n) is 14.9. The largest absolute Gasteiger partial charge is 0.480 e. The standard InChI is InChI=1S/C19H19NO6S/c1-19(18(22)23,27(2,24)25)11-20-17(21)10-12-7-8-16-14(9-12)13-5-3-4-6-15(13)26-16/h3-9H,10-11H2,1-2H3,(H,20,21)(H,22,23). The molecule has 1 atom stereocenters. The molecule has 0 bridgehead atoms. The summed E-state index contributed by atoms with van der Waals surface area (Å²) < 4.78 is 27.2. The number of hydrogen-bond acceptors (Lipinski definition) is 5. The maximum Gasteiger partial charge on any atom is 0.326 e. The number of carbonyl (C=O) groups is 2. The van der Waals surface area contributed by atoms with Crippen molar-refractivity contribution >= 4 is 43.7 Å². The van der Waals surface area contributed by atoms with Gasteiger partial charge in [-0.15, -0.1) is 0 Å². The molecule has 142 valence electrons. The fourth-order valence-electron chi connectivity index (χ4n) is 2.76. The topological polar surface area (TPSA) is 114 Å². The van der Waals surface area contributed by atoms with E-state index in [0.29, 0.717) is 11.1 Å². The molecule has 7 nitrogen and oxygen atoms in total. The summed E-state index contributed by atoms with van der Waals surface area (Å²) >= 11 is 0. The first-order valence-corrected chi connectivity index (χ1v) is 10.1. The number of carbonyl (C=O) groups excluding carboxylic acids is 1. The van der Waals surface area contributed by atoms with Crippen molar-refractivity contribution in [2.24, 2.45) is 0 Å². The smallest absolute Gasteiger partial charge is 0.326 e. The molecule has 1 amide bonds. The zero-order valence-corrected chi connectivity index (χ0v) is 15.7. The number of para-hydroxylation sites is 1. The molecule has 0 radical (unpaired) electrons. The summed E-state index contributed by atoms with van der Waals surface area (Å²) in [7, 11) is -3.90. The predicted octanol–water partition coefficient (Wildman–Crippen LogP) is 2.13. The van der Waals surface area contributed by atoms with E-state index in [-0.39, 0.29) is 6.42 Å². The minimum Gasteiger partial charge on any atom is -0.480 e. The summed E-state index contributed by atoms with van der Waals surface area (Å²) in [6.07, 6.45) is 0.833. The molecule has 1 unspecified atom stereocenters. The van der Waals surface area contributed by atoms with Crippen molar-refractivity contribution in [3.8, 4) is 0 Å². The predicted molar refractivity (Wildman–Crippen MR) is 101 cm³/mol. The first-order valence-electron chi connectivity index (χ1n) is 8.22. The van der Waals surface area contributed by atoms with Gasteiger partial charge in [-0.1, -0.05) is 24.3 Å². The molecule has 27 heavy (non-hydrogen) atoms. The van der Waals surface area contributed by atoms with E-state index in [1.54, 1.807) is 12.1 Å². The number of aliphatic carboxylic acids is 1. The van der Waals surface area contributed by atoms with Gasteiger partial charge in [-0.3, -0.25) is 9.59 Å². The van der Waals surface area contributed by atoms with Crippen molar-refractivity contribution in [1.29, 1.82) is 0 Å². The van der Waals surface area contributed by atoms with Gasteiger partial charge in [0.05, 0.1) is 6.42 Å². The van der Waals surface area contributed by atoms with Crippen LogP contribution < -0.4 is 5.32 Å². The van der Waals surface area contributed by atoms with Crippen molar-refractivity contribution in [2.75, 3.05) is 12.8 Å². The Morgan fingerprint density at radius 1 is 1.11 bits per heavy atom. The number of nitrogens with one attached hydrogen (secondary N) is 1. The van der Waals surface area contributed by atoms with E-state index in [2.05, 4.69) is 5.32 Å². The zero-order chi connectivity index (χ0) is 19.8. The number of furan rings is 1. The Kier molecular flexibility index (Phi) is 4.69. The molecule has 0 fully saturated rings. The molecule has 0 saturated carbocycles. The number of rotatable bonds is 6. The quantitative estimate of drug-likeness (QED) is 0.668. The van der Waals surface area contributed by atoms with Gasteiger partial charge in [0.2, 0.25) is 5.91 Å². The van der Waals surface area contributed by atoms with Crippen molar-refractivity contribution in [1.82, 2.24) is 5.32 Å². The second-order valence-electron chi connectivity index (χ2n) is 6.69. The third kappa shape index (κ3) is 3.52. The number of amides is 1. The van der Waals surface area contributed by atoms with Crippen LogP contribution in [0, 0.1) is 0 Å². The Morgan fingerprint density at radius 2 is 1.78 bits per heavy atom. The van der Waals surface area contributed by atoms with Gasteiger partial charge in [-0.2, -0.15) is 0 Å². The lowest BCUT2D eigenvalue weighted by Gasteiger charge is -2.23. The van der Waals surface area contributed by atoms with Crippen LogP contribution in [0.25, 0.3) is 21.9 Å². The van der Waals surface area contributed by atoms with Crippen LogP contribution in [0.3, 0.4) is 0 Å². The Hall–Kier alpha value is -2.87. The molecule has 0 saturated heterocycles. The number of carboxylic acid groups (broad SMARTS) is 1. The molecule has 0 aliphatic carbocycles. The maximum atomic E-state index is 12.2. The summed E-state index contributed by atoms with van der Waals surface area (Å²) in [6, 6.07) is 12.9. The molecule has 0 aliphatic heterocycles. The van der Waals surface area contributed by atoms with E-state index < -0.39 is 33.0 Å². The number of sulfone groups is 1. The van der Waals surface area contributed by atoms with Crippen molar-refractivity contribution < 1.29 is 27.5 Å². The summed E-state index contributed by atoms with van der Waals surface area (Å²) in [4.78, 5) is 23.6. The molecular weight excluding hydrogens is 370 g/mol. The van der Waals surface area contributed by atoms with Crippen LogP contribution in [0.1, 0.15) is 12.5 Å². The van der Waals surface area contributed by atoms with Gasteiger partial charge in [0.1, 0.15) is 11.2 Å². The summed E-state index contributed by atoms with van der Waals surface area (Å²) in [5.74, 6) is -1.96. The van der Waals surface area contributed by atoms with Crippen LogP contribution in [0.2, 0.25) is 0 Å². The van der Waals surface area contributed by atoms with E-state index >= 15 is 0 Å². The number of hydrogen-bond donors (Lipinski definition) is 2. The van der Waals surface area contributed by atoms with E-state index in [1.165, 1.54) is 0 Å². The van der Waals surface area contributed by atoms with Crippen molar-refractivity contribution in [3.05, 3.63) is 48.0 Å². The van der Waals surface area contributed by atoms with E-state index in [4.69, 9.17) is 4.42 Å². The molecule has 3 aromatic rings. The lowest BCUT2D eigenvalue weighted by atomic mass is 10.1. The van der Waals surface area contributed by atoms with Crippen LogP contribution in [0.5, 0.6) is 0 Å². The minimum absolute atomic E-state index is 0.00505. The molecule has 2 aromatic carbocycles. The number of benzene rings is 2. The normalized spacial score (nSPS) is 14.1. The molecule has 2 N–H and O–H groups in total. The van der Waals surface area contributed by atoms with Gasteiger partial charge >= 0.3 is 5.97 Å². The van der Waals surface area contributed by atoms with E-state index in [9.17, 15) is 23.1 Å². The third-order valence-electron chi connectivity index (χ3n) is 4.70. The van der Waals surface area contributed by atoms with Crippen molar-refractivity contribution in [3.63, 3.8) is 0 Å². The monoisotopic (exact) mass is 389 g/mol. The van der Waals surface area contributed by atoms with E-state index in [1.807, 2.05) is 30.3 Å². The first-order chi connectivity index (χ1) is 12.6. The van der Waals surface area contributed by atoms with Crippen LogP contribution in [-0.4, -0.2) is 42.9 Å². The average Bonchev–Trinajstić information content (AvgIpc) is 2.96. The van der Waals surface area contributed by atoms with Gasteiger partial charge < -0.3 is 14.8 Å². The van der Waals surface area contributed by atoms with Crippen LogP contribution in [0.15, 0.2) is 46.9 Å². The van der Waals surface area contributed by atoms with Crippen LogP contribution in [-0.2, 0) is 25.8 Å². The van der Waals surface area contributed by atoms with Crippen LogP contribution >= 0.6 is 0 Å². The Bertz CT molecular complexity index is 1150. The molecular formula is C19H19NO6S. The lowest BCUT2D eigenvalue weighted by molar-refractivity contribution is -0.139. The van der Waals surface area contributed by atoms with Gasteiger partial charge in [-0.05, 0) is 30.7 Å². The SMILES string of the molecule is CC(CNC(=O)Cc1ccc2oc3ccccc3c2c1)(C(=O)O)S(C)(=O)=O. The average molecular weight is 389 g/mol. The molecule has 0 aliphatic rings. The lowest BCUT2D eigenvalue weighted by Crippen LogP contribution is -2.52. The highest BCUT2D eigenvalue weighted by atomic mass is 32.2. The molecule has 1 heterocycles. The van der Waals surface area contributed by atoms with Gasteiger partial charge in [0, 0.05) is 23.6 Å². The fraction of sp³-hybridized carbons (Fsp3) is 0.263. The summed E-state index contributed by atoms with van der Waals surface area (Å²) in [5.41, 5.74) is 2.17. The molecule has 3 rings (SSSR count). The fourth-order valence-corrected chi connectivity index (χ4v) is 3.42. The number of fused-ring (bicyclic) bond motifs is 3. The highest BCUT2D eigenvalue weighted by Crippen LogP contribution is 2.29. The number of carboxylic acids is 1. The van der Waals surface area contributed by atoms with Gasteiger partial charge in [0.15, 0.2) is 14.6 Å². The summed E-state index contributed by atoms with van der Waals surface area (Å²) in [6.45, 7) is 0.575. The van der Waals surface area contributed by atoms with Crippen LogP contribution in [0.4, 0.5) is 0 Å². The van der Waals surface area contributed by atoms with E-state index in [0.717, 1.165) is 29.5 Å². The van der Waals surface area contributed by atoms with Gasteiger partial charge in [-0.25, -0.2) is 8.42 Å². The highest BCUT2D eigenvalue weighted by molar-refractivity contribution is 7.92. The minimum atomic E-state index is -3.90. The Morgan fingerprint density at radius 3 is 2.44 bits per heavy atom. The second kappa shape index (κ2) is 6.70. The van der Waals surface area contributed by atoms with Gasteiger partial charge in [0.25, 0.3) is 0 Å². The highest BCUT2D eigenvalue weighted by Gasteiger charge is 2.44. The van der Waals surface area contributed by atoms with Crippen molar-refractivity contribution in [2.45, 2.75) is 18.1 Å². The Balaban J connectivity index is 1.78. The maximum absolute atomic E-state index is 12.2. The molecule has 8 heteroatoms. The Labute approximate surface area is 155 Å².